The smallest absolute Gasteiger partial charge is 0.0914 e. The van der Waals surface area contributed by atoms with Gasteiger partial charge in [0.15, 0.2) is 0 Å². The van der Waals surface area contributed by atoms with E-state index in [9.17, 15) is 5.11 Å². The third-order valence-electron chi connectivity index (χ3n) is 4.60. The number of aliphatic hydroxyl groups is 1. The van der Waals surface area contributed by atoms with E-state index < -0.39 is 6.10 Å². The van der Waals surface area contributed by atoms with Crippen molar-refractivity contribution in [3.63, 3.8) is 0 Å². The van der Waals surface area contributed by atoms with E-state index in [1.807, 2.05) is 0 Å². The molecule has 3 nitrogen and oxygen atoms in total. The molecular formula is C18H30N2O. The lowest BCUT2D eigenvalue weighted by atomic mass is 9.97. The predicted octanol–water partition coefficient (Wildman–Crippen LogP) is 2.77. The first kappa shape index (κ1) is 16.5. The molecule has 0 radical (unpaired) electrons. The van der Waals surface area contributed by atoms with Crippen LogP contribution in [0.25, 0.3) is 0 Å². The maximum Gasteiger partial charge on any atom is 0.0914 e. The van der Waals surface area contributed by atoms with Crippen LogP contribution in [-0.4, -0.2) is 43.2 Å². The van der Waals surface area contributed by atoms with Crippen molar-refractivity contribution < 1.29 is 5.11 Å². The molecule has 1 aromatic rings. The maximum atomic E-state index is 10.3. The molecular weight excluding hydrogens is 260 g/mol. The number of nitrogens with one attached hydrogen (secondary N) is 1. The summed E-state index contributed by atoms with van der Waals surface area (Å²) in [5.41, 5.74) is 2.33. The summed E-state index contributed by atoms with van der Waals surface area (Å²) < 4.78 is 0. The Morgan fingerprint density at radius 3 is 2.29 bits per heavy atom. The average Bonchev–Trinajstić information content (AvgIpc) is 2.49. The fraction of sp³-hybridized carbons (Fsp3) is 0.667. The minimum atomic E-state index is -0.405. The van der Waals surface area contributed by atoms with E-state index in [2.05, 4.69) is 55.4 Å². The lowest BCUT2D eigenvalue weighted by Gasteiger charge is -2.29. The topological polar surface area (TPSA) is 35.5 Å². The van der Waals surface area contributed by atoms with Crippen molar-refractivity contribution in [2.24, 2.45) is 5.92 Å². The van der Waals surface area contributed by atoms with Gasteiger partial charge >= 0.3 is 0 Å². The first-order valence-corrected chi connectivity index (χ1v) is 8.23. The highest BCUT2D eigenvalue weighted by atomic mass is 16.3. The zero-order valence-electron chi connectivity index (χ0n) is 13.7. The van der Waals surface area contributed by atoms with Crippen molar-refractivity contribution in [2.75, 3.05) is 33.2 Å². The monoisotopic (exact) mass is 290 g/mol. The largest absolute Gasteiger partial charge is 0.387 e. The molecule has 1 unspecified atom stereocenters. The highest BCUT2D eigenvalue weighted by Crippen LogP contribution is 2.19. The molecule has 0 aromatic heterocycles. The highest BCUT2D eigenvalue weighted by molar-refractivity contribution is 5.26. The molecule has 1 heterocycles. The van der Waals surface area contributed by atoms with Crippen LogP contribution >= 0.6 is 0 Å². The zero-order chi connectivity index (χ0) is 15.2. The summed E-state index contributed by atoms with van der Waals surface area (Å²) in [7, 11) is 2.19. The van der Waals surface area contributed by atoms with E-state index in [0.717, 1.165) is 18.0 Å². The van der Waals surface area contributed by atoms with Gasteiger partial charge in [-0.05, 0) is 62.5 Å². The van der Waals surface area contributed by atoms with Gasteiger partial charge in [0, 0.05) is 6.54 Å². The van der Waals surface area contributed by atoms with E-state index in [1.165, 1.54) is 31.5 Å². The predicted molar refractivity (Wildman–Crippen MR) is 88.6 cm³/mol. The van der Waals surface area contributed by atoms with Crippen LogP contribution in [0, 0.1) is 5.92 Å². The summed E-state index contributed by atoms with van der Waals surface area (Å²) in [5.74, 6) is 1.30. The molecule has 1 saturated heterocycles. The Morgan fingerprint density at radius 1 is 1.14 bits per heavy atom. The number of likely N-dealkylation sites (tertiary alicyclic amines) is 1. The van der Waals surface area contributed by atoms with Gasteiger partial charge in [-0.25, -0.2) is 0 Å². The van der Waals surface area contributed by atoms with Gasteiger partial charge in [0.1, 0.15) is 0 Å². The fourth-order valence-corrected chi connectivity index (χ4v) is 2.91. The van der Waals surface area contributed by atoms with Crippen LogP contribution in [0.1, 0.15) is 49.8 Å². The molecule has 0 aliphatic carbocycles. The maximum absolute atomic E-state index is 10.3. The Morgan fingerprint density at radius 2 is 1.71 bits per heavy atom. The van der Waals surface area contributed by atoms with Crippen LogP contribution in [0.5, 0.6) is 0 Å². The van der Waals surface area contributed by atoms with Crippen LogP contribution < -0.4 is 5.32 Å². The second-order valence-electron chi connectivity index (χ2n) is 6.74. The number of aliphatic hydroxyl groups excluding tert-OH is 1. The summed E-state index contributed by atoms with van der Waals surface area (Å²) in [4.78, 5) is 2.39. The highest BCUT2D eigenvalue weighted by Gasteiger charge is 2.16. The summed E-state index contributed by atoms with van der Waals surface area (Å²) in [6.07, 6.45) is 2.13. The van der Waals surface area contributed by atoms with Gasteiger partial charge < -0.3 is 15.3 Å². The molecule has 118 valence electrons. The SMILES string of the molecule is CC(C)c1ccc(C(O)CNCC2CCN(C)CC2)cc1. The van der Waals surface area contributed by atoms with Gasteiger partial charge in [-0.2, -0.15) is 0 Å². The lowest BCUT2D eigenvalue weighted by molar-refractivity contribution is 0.165. The number of hydrogen-bond acceptors (Lipinski definition) is 3. The van der Waals surface area contributed by atoms with Gasteiger partial charge in [-0.3, -0.25) is 0 Å². The molecule has 1 atom stereocenters. The number of benzene rings is 1. The number of hydrogen-bond donors (Lipinski definition) is 2. The summed E-state index contributed by atoms with van der Waals surface area (Å²) in [6.45, 7) is 8.45. The van der Waals surface area contributed by atoms with Gasteiger partial charge in [-0.1, -0.05) is 38.1 Å². The Balaban J connectivity index is 1.72. The first-order chi connectivity index (χ1) is 10.1. The Bertz CT molecular complexity index is 408. The van der Waals surface area contributed by atoms with Crippen molar-refractivity contribution in [3.8, 4) is 0 Å². The Labute approximate surface area is 129 Å². The molecule has 0 spiro atoms. The van der Waals surface area contributed by atoms with E-state index in [0.29, 0.717) is 12.5 Å². The second-order valence-corrected chi connectivity index (χ2v) is 6.74. The van der Waals surface area contributed by atoms with Gasteiger partial charge in [-0.15, -0.1) is 0 Å². The van der Waals surface area contributed by atoms with Crippen LogP contribution in [0.3, 0.4) is 0 Å². The summed E-state index contributed by atoms with van der Waals surface area (Å²) >= 11 is 0. The Hall–Kier alpha value is -0.900. The number of rotatable bonds is 6. The minimum Gasteiger partial charge on any atom is -0.387 e. The average molecular weight is 290 g/mol. The van der Waals surface area contributed by atoms with E-state index in [1.54, 1.807) is 0 Å². The molecule has 1 aliphatic heterocycles. The number of piperidine rings is 1. The third kappa shape index (κ3) is 5.10. The summed E-state index contributed by atoms with van der Waals surface area (Å²) in [6, 6.07) is 8.36. The van der Waals surface area contributed by atoms with Crippen molar-refractivity contribution in [2.45, 2.75) is 38.7 Å². The number of nitrogens with zero attached hydrogens (tertiary/aromatic N) is 1. The molecule has 21 heavy (non-hydrogen) atoms. The molecule has 2 rings (SSSR count). The Kier molecular flexibility index (Phi) is 6.22. The second kappa shape index (κ2) is 7.92. The minimum absolute atomic E-state index is 0.405. The lowest BCUT2D eigenvalue weighted by Crippen LogP contribution is -2.36. The van der Waals surface area contributed by atoms with Crippen LogP contribution in [0.2, 0.25) is 0 Å². The van der Waals surface area contributed by atoms with E-state index in [4.69, 9.17) is 0 Å². The van der Waals surface area contributed by atoms with E-state index in [-0.39, 0.29) is 0 Å². The van der Waals surface area contributed by atoms with Gasteiger partial charge in [0.25, 0.3) is 0 Å². The molecule has 1 aliphatic rings. The molecule has 0 bridgehead atoms. The third-order valence-corrected chi connectivity index (χ3v) is 4.60. The van der Waals surface area contributed by atoms with Crippen molar-refractivity contribution >= 4 is 0 Å². The van der Waals surface area contributed by atoms with Crippen molar-refractivity contribution in [3.05, 3.63) is 35.4 Å². The van der Waals surface area contributed by atoms with Gasteiger partial charge in [0.05, 0.1) is 6.10 Å². The van der Waals surface area contributed by atoms with E-state index >= 15 is 0 Å². The normalized spacial score (nSPS) is 19.1. The van der Waals surface area contributed by atoms with Crippen LogP contribution in [0.4, 0.5) is 0 Å². The first-order valence-electron chi connectivity index (χ1n) is 8.23. The van der Waals surface area contributed by atoms with Crippen molar-refractivity contribution in [1.82, 2.24) is 10.2 Å². The molecule has 3 heteroatoms. The van der Waals surface area contributed by atoms with Crippen LogP contribution in [-0.2, 0) is 0 Å². The standard InChI is InChI=1S/C18H30N2O/c1-14(2)16-4-6-17(7-5-16)18(21)13-19-12-15-8-10-20(3)11-9-15/h4-7,14-15,18-19,21H,8-13H2,1-3H3. The van der Waals surface area contributed by atoms with Crippen LogP contribution in [0.15, 0.2) is 24.3 Å². The molecule has 1 fully saturated rings. The van der Waals surface area contributed by atoms with Gasteiger partial charge in [0.2, 0.25) is 0 Å². The molecule has 0 saturated carbocycles. The molecule has 1 aromatic carbocycles. The quantitative estimate of drug-likeness (QED) is 0.845. The molecule has 0 amide bonds. The zero-order valence-corrected chi connectivity index (χ0v) is 13.7. The van der Waals surface area contributed by atoms with Crippen molar-refractivity contribution in [1.29, 1.82) is 0 Å². The molecule has 2 N–H and O–H groups in total. The fourth-order valence-electron chi connectivity index (χ4n) is 2.91. The summed E-state index contributed by atoms with van der Waals surface area (Å²) in [5, 5.41) is 13.7.